The van der Waals surface area contributed by atoms with E-state index in [0.29, 0.717) is 0 Å². The predicted molar refractivity (Wildman–Crippen MR) is 239 cm³/mol. The number of hydrogen-bond donors (Lipinski definition) is 0. The first-order valence-electron chi connectivity index (χ1n) is 19.6. The Bertz CT molecular complexity index is 3500. The third kappa shape index (κ3) is 4.95. The van der Waals surface area contributed by atoms with Crippen LogP contribution >= 0.6 is 0 Å². The second-order valence-electron chi connectivity index (χ2n) is 14.8. The van der Waals surface area contributed by atoms with E-state index < -0.39 is 0 Å². The Morgan fingerprint density at radius 3 is 1.17 bits per heavy atom. The van der Waals surface area contributed by atoms with E-state index >= 15 is 0 Å². The lowest BCUT2D eigenvalue weighted by Gasteiger charge is -2.25. The van der Waals surface area contributed by atoms with Crippen molar-refractivity contribution in [1.82, 2.24) is 0 Å². The molecule has 0 fully saturated rings. The van der Waals surface area contributed by atoms with Crippen molar-refractivity contribution in [3.05, 3.63) is 200 Å². The Morgan fingerprint density at radius 2 is 0.638 bits per heavy atom. The second kappa shape index (κ2) is 12.9. The molecule has 4 heteroatoms. The maximum Gasteiger partial charge on any atom is 0.159 e. The molecule has 3 heterocycles. The zero-order valence-corrected chi connectivity index (χ0v) is 31.2. The van der Waals surface area contributed by atoms with Crippen molar-refractivity contribution < 1.29 is 13.3 Å². The van der Waals surface area contributed by atoms with Crippen LogP contribution in [0.15, 0.2) is 213 Å². The molecule has 0 aliphatic carbocycles. The van der Waals surface area contributed by atoms with Crippen LogP contribution in [-0.4, -0.2) is 0 Å². The lowest BCUT2D eigenvalue weighted by Crippen LogP contribution is -2.10. The molecule has 272 valence electrons. The van der Waals surface area contributed by atoms with Crippen LogP contribution in [0, 0.1) is 0 Å². The van der Waals surface area contributed by atoms with Crippen LogP contribution < -0.4 is 4.90 Å². The molecular formula is C54H33NO3. The molecule has 0 N–H and O–H groups in total. The number of hydrogen-bond acceptors (Lipinski definition) is 4. The zero-order chi connectivity index (χ0) is 38.2. The van der Waals surface area contributed by atoms with E-state index in [2.05, 4.69) is 181 Å². The first kappa shape index (κ1) is 32.4. The average Bonchev–Trinajstić information content (AvgIpc) is 4.00. The van der Waals surface area contributed by atoms with E-state index in [1.165, 1.54) is 0 Å². The molecule has 58 heavy (non-hydrogen) atoms. The highest BCUT2D eigenvalue weighted by Gasteiger charge is 2.24. The maximum absolute atomic E-state index is 6.99. The Kier molecular flexibility index (Phi) is 7.20. The van der Waals surface area contributed by atoms with Gasteiger partial charge in [0.1, 0.15) is 22.3 Å². The van der Waals surface area contributed by atoms with Crippen LogP contribution in [0.2, 0.25) is 0 Å². The highest BCUT2D eigenvalue weighted by atomic mass is 16.3. The minimum absolute atomic E-state index is 0.805. The molecule has 0 radical (unpaired) electrons. The van der Waals surface area contributed by atoms with Gasteiger partial charge < -0.3 is 18.2 Å². The Morgan fingerprint density at radius 1 is 0.259 bits per heavy atom. The van der Waals surface area contributed by atoms with Gasteiger partial charge in [0.2, 0.25) is 0 Å². The minimum atomic E-state index is 0.805. The van der Waals surface area contributed by atoms with Crippen LogP contribution in [0.25, 0.3) is 99.2 Å². The molecule has 9 aromatic carbocycles. The second-order valence-corrected chi connectivity index (χ2v) is 14.8. The van der Waals surface area contributed by atoms with Crippen molar-refractivity contribution >= 4 is 82.9 Å². The fourth-order valence-corrected chi connectivity index (χ4v) is 8.83. The molecule has 0 unspecified atom stereocenters. The summed E-state index contributed by atoms with van der Waals surface area (Å²) >= 11 is 0. The number of furan rings is 3. The van der Waals surface area contributed by atoms with E-state index in [1.807, 2.05) is 24.3 Å². The molecule has 12 aromatic rings. The van der Waals surface area contributed by atoms with E-state index in [0.717, 1.165) is 116 Å². The molecule has 0 amide bonds. The van der Waals surface area contributed by atoms with Gasteiger partial charge in [-0.05, 0) is 47.0 Å². The Labute approximate surface area is 333 Å². The van der Waals surface area contributed by atoms with Gasteiger partial charge in [-0.15, -0.1) is 0 Å². The SMILES string of the molecule is c1ccc(-c2cccc3c2oc2c(-c4ccc(N(c5cccc6c5oc5ccccc56)c5cccc6c5oc5c(-c7ccccc7)cccc56)cc4)cccc23)cc1. The van der Waals surface area contributed by atoms with Gasteiger partial charge in [-0.25, -0.2) is 0 Å². The number of rotatable bonds is 6. The summed E-state index contributed by atoms with van der Waals surface area (Å²) in [6.07, 6.45) is 0. The molecule has 12 rings (SSSR count). The average molecular weight is 744 g/mol. The van der Waals surface area contributed by atoms with Gasteiger partial charge in [0.05, 0.1) is 11.4 Å². The highest BCUT2D eigenvalue weighted by molar-refractivity contribution is 6.16. The number of anilines is 3. The molecule has 0 saturated heterocycles. The molecule has 0 aliphatic rings. The van der Waals surface area contributed by atoms with Crippen molar-refractivity contribution in [3.8, 4) is 33.4 Å². The standard InChI is InChI=1S/C54H33NO3/c1-3-14-34(15-4-1)38-19-9-22-43-44-23-11-21-40(51(44)57-50(38)43)36-30-32-37(33-31-36)55(47-27-12-25-42-41-18-7-8-29-49(41)56-53(42)47)48-28-13-26-46-45-24-10-20-39(52(45)58-54(46)48)35-16-5-2-6-17-35/h1-33H. The van der Waals surface area contributed by atoms with Crippen molar-refractivity contribution in [3.63, 3.8) is 0 Å². The summed E-state index contributed by atoms with van der Waals surface area (Å²) in [6, 6.07) is 69.9. The minimum Gasteiger partial charge on any atom is -0.455 e. The van der Waals surface area contributed by atoms with Gasteiger partial charge in [-0.2, -0.15) is 0 Å². The van der Waals surface area contributed by atoms with Crippen molar-refractivity contribution in [2.75, 3.05) is 4.90 Å². The third-order valence-corrected chi connectivity index (χ3v) is 11.5. The largest absolute Gasteiger partial charge is 0.455 e. The van der Waals surface area contributed by atoms with Crippen LogP contribution in [0.5, 0.6) is 0 Å². The number of benzene rings is 9. The lowest BCUT2D eigenvalue weighted by molar-refractivity contribution is 0.666. The first-order chi connectivity index (χ1) is 28.8. The van der Waals surface area contributed by atoms with Crippen LogP contribution in [0.4, 0.5) is 17.1 Å². The van der Waals surface area contributed by atoms with Gasteiger partial charge in [0, 0.05) is 54.7 Å². The fourth-order valence-electron chi connectivity index (χ4n) is 8.83. The molecule has 0 atom stereocenters. The summed E-state index contributed by atoms with van der Waals surface area (Å²) in [4.78, 5) is 2.27. The van der Waals surface area contributed by atoms with Gasteiger partial charge in [-0.3, -0.25) is 0 Å². The molecule has 0 aliphatic heterocycles. The predicted octanol–water partition coefficient (Wildman–Crippen LogP) is 15.9. The number of nitrogens with zero attached hydrogens (tertiary/aromatic N) is 1. The topological polar surface area (TPSA) is 42.7 Å². The maximum atomic E-state index is 6.99. The normalized spacial score (nSPS) is 11.8. The number of fused-ring (bicyclic) bond motifs is 9. The van der Waals surface area contributed by atoms with E-state index in [1.54, 1.807) is 0 Å². The molecule has 3 aromatic heterocycles. The van der Waals surface area contributed by atoms with Gasteiger partial charge >= 0.3 is 0 Å². The molecule has 0 bridgehead atoms. The summed E-state index contributed by atoms with van der Waals surface area (Å²) in [5.41, 5.74) is 14.4. The van der Waals surface area contributed by atoms with Crippen LogP contribution in [0.3, 0.4) is 0 Å². The molecule has 0 spiro atoms. The zero-order valence-electron chi connectivity index (χ0n) is 31.2. The van der Waals surface area contributed by atoms with Gasteiger partial charge in [-0.1, -0.05) is 170 Å². The summed E-state index contributed by atoms with van der Waals surface area (Å²) < 4.78 is 20.5. The summed E-state index contributed by atoms with van der Waals surface area (Å²) in [7, 11) is 0. The van der Waals surface area contributed by atoms with Crippen molar-refractivity contribution in [1.29, 1.82) is 0 Å². The van der Waals surface area contributed by atoms with E-state index in [-0.39, 0.29) is 0 Å². The molecular weight excluding hydrogens is 711 g/mol. The first-order valence-corrected chi connectivity index (χ1v) is 19.6. The third-order valence-electron chi connectivity index (χ3n) is 11.5. The number of para-hydroxylation sites is 6. The highest BCUT2D eigenvalue weighted by Crippen LogP contribution is 2.48. The van der Waals surface area contributed by atoms with Gasteiger partial charge in [0.25, 0.3) is 0 Å². The Balaban J connectivity index is 1.06. The molecule has 0 saturated carbocycles. The van der Waals surface area contributed by atoms with E-state index in [4.69, 9.17) is 13.3 Å². The van der Waals surface area contributed by atoms with Crippen LogP contribution in [-0.2, 0) is 0 Å². The monoisotopic (exact) mass is 743 g/mol. The summed E-state index contributed by atoms with van der Waals surface area (Å²) in [6.45, 7) is 0. The van der Waals surface area contributed by atoms with E-state index in [9.17, 15) is 0 Å². The van der Waals surface area contributed by atoms with Gasteiger partial charge in [0.15, 0.2) is 11.2 Å². The lowest BCUT2D eigenvalue weighted by atomic mass is 10.00. The summed E-state index contributed by atoms with van der Waals surface area (Å²) in [5.74, 6) is 0. The quantitative estimate of drug-likeness (QED) is 0.170. The van der Waals surface area contributed by atoms with Crippen LogP contribution in [0.1, 0.15) is 0 Å². The van der Waals surface area contributed by atoms with Crippen molar-refractivity contribution in [2.24, 2.45) is 0 Å². The van der Waals surface area contributed by atoms with Crippen molar-refractivity contribution in [2.45, 2.75) is 0 Å². The fraction of sp³-hybridized carbons (Fsp3) is 0. The smallest absolute Gasteiger partial charge is 0.159 e. The summed E-state index contributed by atoms with van der Waals surface area (Å²) in [5, 5.41) is 6.47. The molecule has 4 nitrogen and oxygen atoms in total. The Hall–Kier alpha value is -7.82.